The third-order valence-electron chi connectivity index (χ3n) is 4.87. The van der Waals surface area contributed by atoms with Gasteiger partial charge >= 0.3 is 6.09 Å². The smallest absolute Gasteiger partial charge is 0.409 e. The number of hydrogen-bond acceptors (Lipinski definition) is 6. The first-order valence-corrected chi connectivity index (χ1v) is 12.5. The summed E-state index contributed by atoms with van der Waals surface area (Å²) in [6.07, 6.45) is 1.54. The van der Waals surface area contributed by atoms with E-state index in [9.17, 15) is 18.0 Å². The van der Waals surface area contributed by atoms with Crippen LogP contribution in [0.5, 0.6) is 0 Å². The van der Waals surface area contributed by atoms with Crippen molar-refractivity contribution in [2.24, 2.45) is 0 Å². The molecule has 2 aromatic rings. The Morgan fingerprint density at radius 1 is 1.00 bits per heavy atom. The second-order valence-electron chi connectivity index (χ2n) is 6.80. The van der Waals surface area contributed by atoms with Crippen molar-refractivity contribution in [1.82, 2.24) is 9.21 Å². The zero-order valence-electron chi connectivity index (χ0n) is 17.4. The minimum atomic E-state index is -3.71. The molecule has 0 saturated carbocycles. The summed E-state index contributed by atoms with van der Waals surface area (Å²) in [5.74, 6) is -0.316. The number of anilines is 1. The molecule has 1 heterocycles. The van der Waals surface area contributed by atoms with Crippen LogP contribution in [-0.2, 0) is 14.8 Å². The molecule has 2 amide bonds. The third-order valence-corrected chi connectivity index (χ3v) is 7.52. The van der Waals surface area contributed by atoms with E-state index in [1.54, 1.807) is 18.7 Å². The first-order valence-electron chi connectivity index (χ1n) is 9.82. The van der Waals surface area contributed by atoms with Crippen LogP contribution in [0, 0.1) is 0 Å². The number of benzene rings is 2. The van der Waals surface area contributed by atoms with Crippen LogP contribution >= 0.6 is 11.8 Å². The van der Waals surface area contributed by atoms with E-state index in [4.69, 9.17) is 4.74 Å². The van der Waals surface area contributed by atoms with Crippen molar-refractivity contribution in [3.63, 3.8) is 0 Å². The fourth-order valence-corrected chi connectivity index (χ4v) is 4.96. The summed E-state index contributed by atoms with van der Waals surface area (Å²) in [4.78, 5) is 26.9. The van der Waals surface area contributed by atoms with Gasteiger partial charge in [0.05, 0.1) is 11.5 Å². The van der Waals surface area contributed by atoms with Crippen LogP contribution < -0.4 is 5.32 Å². The highest BCUT2D eigenvalue weighted by atomic mass is 32.2. The van der Waals surface area contributed by atoms with E-state index in [-0.39, 0.29) is 43.6 Å². The van der Waals surface area contributed by atoms with Gasteiger partial charge in [0.25, 0.3) is 5.91 Å². The lowest BCUT2D eigenvalue weighted by atomic mass is 10.2. The Balaban J connectivity index is 1.63. The lowest BCUT2D eigenvalue weighted by Crippen LogP contribution is -2.50. The number of hydrogen-bond donors (Lipinski definition) is 1. The normalized spacial score (nSPS) is 14.8. The number of ether oxygens (including phenoxy) is 1. The first-order chi connectivity index (χ1) is 14.8. The van der Waals surface area contributed by atoms with E-state index < -0.39 is 16.1 Å². The predicted molar refractivity (Wildman–Crippen MR) is 120 cm³/mol. The number of amides is 2. The summed E-state index contributed by atoms with van der Waals surface area (Å²) in [7, 11) is -3.71. The molecule has 1 aliphatic rings. The van der Waals surface area contributed by atoms with Gasteiger partial charge in [-0.15, -0.1) is 11.8 Å². The molecule has 166 valence electrons. The van der Waals surface area contributed by atoms with Crippen LogP contribution in [0.25, 0.3) is 0 Å². The van der Waals surface area contributed by atoms with Crippen LogP contribution in [0.1, 0.15) is 17.3 Å². The van der Waals surface area contributed by atoms with Gasteiger partial charge in [-0.25, -0.2) is 13.2 Å². The second-order valence-corrected chi connectivity index (χ2v) is 9.61. The van der Waals surface area contributed by atoms with Crippen molar-refractivity contribution >= 4 is 39.5 Å². The first kappa shape index (κ1) is 23.1. The van der Waals surface area contributed by atoms with Gasteiger partial charge in [-0.05, 0) is 61.7 Å². The van der Waals surface area contributed by atoms with Crippen LogP contribution in [0.15, 0.2) is 58.3 Å². The molecule has 1 saturated heterocycles. The molecule has 31 heavy (non-hydrogen) atoms. The summed E-state index contributed by atoms with van der Waals surface area (Å²) in [6.45, 7) is 2.93. The summed E-state index contributed by atoms with van der Waals surface area (Å²) < 4.78 is 32.1. The Hall–Kier alpha value is -2.56. The number of nitrogens with one attached hydrogen (secondary N) is 1. The molecule has 0 spiro atoms. The summed E-state index contributed by atoms with van der Waals surface area (Å²) in [5, 5.41) is 2.80. The van der Waals surface area contributed by atoms with Gasteiger partial charge in [0.15, 0.2) is 0 Å². The van der Waals surface area contributed by atoms with Gasteiger partial charge in [0, 0.05) is 42.3 Å². The Labute approximate surface area is 186 Å². The Bertz CT molecular complexity index is 1020. The Kier molecular flexibility index (Phi) is 7.58. The molecule has 0 bridgehead atoms. The summed E-state index contributed by atoms with van der Waals surface area (Å²) >= 11 is 1.61. The van der Waals surface area contributed by atoms with Crippen LogP contribution in [-0.4, -0.2) is 68.7 Å². The van der Waals surface area contributed by atoms with Crippen LogP contribution in [0.4, 0.5) is 10.5 Å². The zero-order chi connectivity index (χ0) is 22.4. The molecule has 0 radical (unpaired) electrons. The minimum Gasteiger partial charge on any atom is -0.450 e. The van der Waals surface area contributed by atoms with E-state index in [1.807, 2.05) is 30.5 Å². The van der Waals surface area contributed by atoms with Crippen molar-refractivity contribution in [3.05, 3.63) is 54.1 Å². The maximum atomic E-state index is 12.9. The van der Waals surface area contributed by atoms with Gasteiger partial charge < -0.3 is 15.0 Å². The molecular weight excluding hydrogens is 438 g/mol. The van der Waals surface area contributed by atoms with Gasteiger partial charge in [0.2, 0.25) is 10.0 Å². The topological polar surface area (TPSA) is 96.0 Å². The van der Waals surface area contributed by atoms with Crippen LogP contribution in [0.2, 0.25) is 0 Å². The molecule has 1 aliphatic heterocycles. The van der Waals surface area contributed by atoms with E-state index in [0.29, 0.717) is 11.3 Å². The molecular formula is C21H25N3O5S2. The van der Waals surface area contributed by atoms with Crippen molar-refractivity contribution < 1.29 is 22.7 Å². The molecule has 3 rings (SSSR count). The molecule has 0 unspecified atom stereocenters. The van der Waals surface area contributed by atoms with E-state index >= 15 is 0 Å². The van der Waals surface area contributed by atoms with Crippen molar-refractivity contribution in [2.75, 3.05) is 44.4 Å². The zero-order valence-corrected chi connectivity index (χ0v) is 19.0. The van der Waals surface area contributed by atoms with Gasteiger partial charge in [-0.3, -0.25) is 4.79 Å². The second kappa shape index (κ2) is 10.2. The molecule has 10 heteroatoms. The summed E-state index contributed by atoms with van der Waals surface area (Å²) in [6, 6.07) is 13.3. The monoisotopic (exact) mass is 463 g/mol. The number of rotatable bonds is 6. The van der Waals surface area contributed by atoms with Crippen molar-refractivity contribution in [1.29, 1.82) is 0 Å². The molecule has 8 nitrogen and oxygen atoms in total. The summed E-state index contributed by atoms with van der Waals surface area (Å²) in [5.41, 5.74) is 1.03. The van der Waals surface area contributed by atoms with Gasteiger partial charge in [0.1, 0.15) is 0 Å². The Morgan fingerprint density at radius 3 is 2.16 bits per heavy atom. The average Bonchev–Trinajstić information content (AvgIpc) is 2.80. The fourth-order valence-electron chi connectivity index (χ4n) is 3.13. The highest BCUT2D eigenvalue weighted by Crippen LogP contribution is 2.20. The fraction of sp³-hybridized carbons (Fsp3) is 0.333. The number of thioether (sulfide) groups is 1. The molecule has 1 fully saturated rings. The average molecular weight is 464 g/mol. The minimum absolute atomic E-state index is 0.109. The number of piperazine rings is 1. The number of carbonyl (C=O) groups excluding carboxylic acids is 2. The number of sulfonamides is 1. The third kappa shape index (κ3) is 5.57. The van der Waals surface area contributed by atoms with E-state index in [0.717, 1.165) is 4.90 Å². The largest absolute Gasteiger partial charge is 0.450 e. The molecule has 0 aliphatic carbocycles. The standard InChI is InChI=1S/C21H25N3O5S2/c1-3-29-21(26)23-12-14-24(15-13-23)31(27,28)19-10-4-16(5-11-19)20(25)22-17-6-8-18(30-2)9-7-17/h4-11H,3,12-15H2,1-2H3,(H,22,25). The lowest BCUT2D eigenvalue weighted by Gasteiger charge is -2.33. The van der Waals surface area contributed by atoms with Crippen molar-refractivity contribution in [3.8, 4) is 0 Å². The quantitative estimate of drug-likeness (QED) is 0.662. The number of nitrogens with zero attached hydrogens (tertiary/aromatic N) is 2. The van der Waals surface area contributed by atoms with E-state index in [1.165, 1.54) is 33.5 Å². The highest BCUT2D eigenvalue weighted by Gasteiger charge is 2.30. The lowest BCUT2D eigenvalue weighted by molar-refractivity contribution is 0.0933. The highest BCUT2D eigenvalue weighted by molar-refractivity contribution is 7.98. The molecule has 0 atom stereocenters. The van der Waals surface area contributed by atoms with E-state index in [2.05, 4.69) is 5.32 Å². The molecule has 1 N–H and O–H groups in total. The van der Waals surface area contributed by atoms with Gasteiger partial charge in [-0.2, -0.15) is 4.31 Å². The van der Waals surface area contributed by atoms with Crippen LogP contribution in [0.3, 0.4) is 0 Å². The number of carbonyl (C=O) groups is 2. The van der Waals surface area contributed by atoms with Crippen molar-refractivity contribution in [2.45, 2.75) is 16.7 Å². The SMILES string of the molecule is CCOC(=O)N1CCN(S(=O)(=O)c2ccc(C(=O)Nc3ccc(SC)cc3)cc2)CC1. The predicted octanol–water partition coefficient (Wildman–Crippen LogP) is 3.12. The maximum absolute atomic E-state index is 12.9. The van der Waals surface area contributed by atoms with Gasteiger partial charge in [-0.1, -0.05) is 0 Å². The Morgan fingerprint density at radius 2 is 1.61 bits per heavy atom. The maximum Gasteiger partial charge on any atom is 0.409 e. The molecule has 0 aromatic heterocycles. The molecule has 2 aromatic carbocycles.